The lowest BCUT2D eigenvalue weighted by Crippen LogP contribution is -2.57. The van der Waals surface area contributed by atoms with Crippen LogP contribution in [-0.4, -0.2) is 57.3 Å². The molecule has 0 saturated carbocycles. The molecular formula is C11H18N2O4S2. The predicted molar refractivity (Wildman–Crippen MR) is 75.1 cm³/mol. The van der Waals surface area contributed by atoms with Crippen molar-refractivity contribution in [3.8, 4) is 0 Å². The highest BCUT2D eigenvalue weighted by atomic mass is 32.2. The number of aliphatic hydroxyl groups excluding tert-OH is 3. The highest BCUT2D eigenvalue weighted by Crippen LogP contribution is 2.15. The van der Waals surface area contributed by atoms with Gasteiger partial charge in [-0.1, -0.05) is 0 Å². The Hall–Kier alpha value is -0.670. The average Bonchev–Trinajstić information content (AvgIpc) is 2.82. The summed E-state index contributed by atoms with van der Waals surface area (Å²) in [5, 5.41) is 32.6. The summed E-state index contributed by atoms with van der Waals surface area (Å²) in [5.41, 5.74) is -0.424. The van der Waals surface area contributed by atoms with Crippen LogP contribution in [0, 0.1) is 6.92 Å². The summed E-state index contributed by atoms with van der Waals surface area (Å²) in [4.78, 5) is 15.9. The Morgan fingerprint density at radius 1 is 1.42 bits per heavy atom. The molecule has 8 heteroatoms. The van der Waals surface area contributed by atoms with Crippen molar-refractivity contribution in [2.24, 2.45) is 0 Å². The standard InChI is InChI=1S/C11H18N2O4S2/c1-8-12-9(3-19-8)2-18-4-10(17)13-11(5-14,6-15)7-16/h3,14-16H,2,4-7H2,1H3,(H,13,17). The minimum Gasteiger partial charge on any atom is -0.394 e. The minimum atomic E-state index is -1.35. The number of carbonyl (C=O) groups is 1. The van der Waals surface area contributed by atoms with Crippen LogP contribution >= 0.6 is 23.1 Å². The van der Waals surface area contributed by atoms with Gasteiger partial charge in [-0.2, -0.15) is 0 Å². The molecule has 4 N–H and O–H groups in total. The molecule has 0 aliphatic rings. The summed E-state index contributed by atoms with van der Waals surface area (Å²) in [7, 11) is 0. The van der Waals surface area contributed by atoms with E-state index in [1.54, 1.807) is 11.3 Å². The number of amides is 1. The van der Waals surface area contributed by atoms with Gasteiger partial charge in [0.2, 0.25) is 5.91 Å². The monoisotopic (exact) mass is 306 g/mol. The van der Waals surface area contributed by atoms with Gasteiger partial charge >= 0.3 is 0 Å². The van der Waals surface area contributed by atoms with E-state index in [4.69, 9.17) is 15.3 Å². The summed E-state index contributed by atoms with van der Waals surface area (Å²) in [6.45, 7) is 0.384. The molecule has 0 aliphatic heterocycles. The molecule has 108 valence electrons. The van der Waals surface area contributed by atoms with E-state index in [0.717, 1.165) is 10.7 Å². The van der Waals surface area contributed by atoms with Crippen molar-refractivity contribution < 1.29 is 20.1 Å². The number of nitrogens with one attached hydrogen (secondary N) is 1. The zero-order valence-electron chi connectivity index (χ0n) is 10.6. The topological polar surface area (TPSA) is 103 Å². The Balaban J connectivity index is 2.35. The number of aromatic nitrogens is 1. The van der Waals surface area contributed by atoms with E-state index in [9.17, 15) is 4.79 Å². The van der Waals surface area contributed by atoms with E-state index >= 15 is 0 Å². The fourth-order valence-electron chi connectivity index (χ4n) is 1.32. The van der Waals surface area contributed by atoms with Gasteiger partial charge in [0, 0.05) is 11.1 Å². The van der Waals surface area contributed by atoms with Crippen LogP contribution in [0.15, 0.2) is 5.38 Å². The number of hydrogen-bond acceptors (Lipinski definition) is 7. The Labute approximate surface area is 119 Å². The third-order valence-electron chi connectivity index (χ3n) is 2.46. The molecule has 0 saturated heterocycles. The van der Waals surface area contributed by atoms with Crippen LogP contribution in [-0.2, 0) is 10.5 Å². The van der Waals surface area contributed by atoms with E-state index in [2.05, 4.69) is 10.3 Å². The maximum atomic E-state index is 11.6. The van der Waals surface area contributed by atoms with Gasteiger partial charge in [-0.3, -0.25) is 4.79 Å². The normalized spacial score (nSPS) is 11.6. The zero-order chi connectivity index (χ0) is 14.3. The van der Waals surface area contributed by atoms with Crippen molar-refractivity contribution in [1.82, 2.24) is 10.3 Å². The third kappa shape index (κ3) is 5.07. The van der Waals surface area contributed by atoms with Gasteiger partial charge in [0.05, 0.1) is 36.3 Å². The molecule has 1 amide bonds. The van der Waals surface area contributed by atoms with Crippen molar-refractivity contribution >= 4 is 29.0 Å². The van der Waals surface area contributed by atoms with Crippen LogP contribution in [0.4, 0.5) is 0 Å². The molecular weight excluding hydrogens is 288 g/mol. The van der Waals surface area contributed by atoms with Crippen molar-refractivity contribution in [1.29, 1.82) is 0 Å². The molecule has 0 atom stereocenters. The molecule has 1 aromatic heterocycles. The fraction of sp³-hybridized carbons (Fsp3) is 0.636. The lowest BCUT2D eigenvalue weighted by atomic mass is 10.0. The Bertz CT molecular complexity index is 399. The van der Waals surface area contributed by atoms with E-state index in [1.807, 2.05) is 12.3 Å². The molecule has 0 aromatic carbocycles. The number of thiazole rings is 1. The number of hydrogen-bond donors (Lipinski definition) is 4. The quantitative estimate of drug-likeness (QED) is 0.517. The van der Waals surface area contributed by atoms with E-state index < -0.39 is 25.4 Å². The second-order valence-corrected chi connectivity index (χ2v) is 6.20. The molecule has 0 aliphatic carbocycles. The number of thioether (sulfide) groups is 1. The van der Waals surface area contributed by atoms with Gasteiger partial charge in [-0.05, 0) is 6.92 Å². The summed E-state index contributed by atoms with van der Waals surface area (Å²) in [6, 6.07) is 0. The van der Waals surface area contributed by atoms with Gasteiger partial charge < -0.3 is 20.6 Å². The maximum absolute atomic E-state index is 11.6. The Morgan fingerprint density at radius 2 is 2.05 bits per heavy atom. The lowest BCUT2D eigenvalue weighted by Gasteiger charge is -2.28. The van der Waals surface area contributed by atoms with Gasteiger partial charge in [-0.15, -0.1) is 23.1 Å². The first-order valence-corrected chi connectivity index (χ1v) is 7.71. The first kappa shape index (κ1) is 16.4. The molecule has 0 unspecified atom stereocenters. The first-order chi connectivity index (χ1) is 9.05. The van der Waals surface area contributed by atoms with Gasteiger partial charge in [0.15, 0.2) is 0 Å². The first-order valence-electron chi connectivity index (χ1n) is 5.67. The number of aliphatic hydroxyl groups is 3. The van der Waals surface area contributed by atoms with Crippen molar-refractivity contribution in [2.75, 3.05) is 25.6 Å². The summed E-state index contributed by atoms with van der Waals surface area (Å²) < 4.78 is 0. The van der Waals surface area contributed by atoms with E-state index in [0.29, 0.717) is 5.75 Å². The minimum absolute atomic E-state index is 0.179. The second-order valence-electron chi connectivity index (χ2n) is 4.15. The van der Waals surface area contributed by atoms with Crippen LogP contribution in [0.2, 0.25) is 0 Å². The molecule has 1 aromatic rings. The lowest BCUT2D eigenvalue weighted by molar-refractivity contribution is -0.122. The van der Waals surface area contributed by atoms with Crippen LogP contribution in [0.5, 0.6) is 0 Å². The third-order valence-corrected chi connectivity index (χ3v) is 4.25. The Morgan fingerprint density at radius 3 is 2.53 bits per heavy atom. The number of aryl methyl sites for hydroxylation is 1. The molecule has 6 nitrogen and oxygen atoms in total. The van der Waals surface area contributed by atoms with Crippen LogP contribution < -0.4 is 5.32 Å². The molecule has 0 radical (unpaired) electrons. The summed E-state index contributed by atoms with van der Waals surface area (Å²) in [5.74, 6) is 0.467. The molecule has 0 bridgehead atoms. The zero-order valence-corrected chi connectivity index (χ0v) is 12.3. The predicted octanol–water partition coefficient (Wildman–Crippen LogP) is -0.483. The molecule has 0 spiro atoms. The van der Waals surface area contributed by atoms with Crippen LogP contribution in [0.25, 0.3) is 0 Å². The highest BCUT2D eigenvalue weighted by molar-refractivity contribution is 7.99. The molecule has 0 fully saturated rings. The highest BCUT2D eigenvalue weighted by Gasteiger charge is 2.29. The number of carbonyl (C=O) groups excluding carboxylic acids is 1. The maximum Gasteiger partial charge on any atom is 0.230 e. The second kappa shape index (κ2) is 7.81. The van der Waals surface area contributed by atoms with E-state index in [-0.39, 0.29) is 11.7 Å². The van der Waals surface area contributed by atoms with E-state index in [1.165, 1.54) is 11.8 Å². The fourth-order valence-corrected chi connectivity index (χ4v) is 2.76. The van der Waals surface area contributed by atoms with Gasteiger partial charge in [0.1, 0.15) is 5.54 Å². The van der Waals surface area contributed by atoms with Gasteiger partial charge in [0.25, 0.3) is 0 Å². The van der Waals surface area contributed by atoms with Crippen molar-refractivity contribution in [2.45, 2.75) is 18.2 Å². The van der Waals surface area contributed by atoms with Gasteiger partial charge in [-0.25, -0.2) is 4.98 Å². The largest absolute Gasteiger partial charge is 0.394 e. The average molecular weight is 306 g/mol. The van der Waals surface area contributed by atoms with Crippen molar-refractivity contribution in [3.05, 3.63) is 16.1 Å². The Kier molecular flexibility index (Phi) is 6.73. The smallest absolute Gasteiger partial charge is 0.230 e. The van der Waals surface area contributed by atoms with Crippen molar-refractivity contribution in [3.63, 3.8) is 0 Å². The number of nitrogens with zero attached hydrogens (tertiary/aromatic N) is 1. The van der Waals surface area contributed by atoms with Crippen LogP contribution in [0.3, 0.4) is 0 Å². The molecule has 1 heterocycles. The molecule has 19 heavy (non-hydrogen) atoms. The summed E-state index contributed by atoms with van der Waals surface area (Å²) >= 11 is 2.95. The number of rotatable bonds is 8. The molecule has 1 rings (SSSR count). The SMILES string of the molecule is Cc1nc(CSCC(=O)NC(CO)(CO)CO)cs1. The summed E-state index contributed by atoms with van der Waals surface area (Å²) in [6.07, 6.45) is 0. The van der Waals surface area contributed by atoms with Crippen LogP contribution in [0.1, 0.15) is 10.7 Å².